The van der Waals surface area contributed by atoms with Crippen molar-refractivity contribution in [1.82, 2.24) is 9.55 Å². The molecule has 1 heterocycles. The largest absolute Gasteiger partial charge is 0.282 e. The SMILES string of the molecule is [CH]1[CH][CH][C](c2cnc(=Nc3ccccc3)n(-c3ccccc3)c2[C]2[CH][CH][CH][CH]2)[CH]1. The van der Waals surface area contributed by atoms with E-state index in [-0.39, 0.29) is 0 Å². The first-order valence-corrected chi connectivity index (χ1v) is 9.61. The second kappa shape index (κ2) is 8.36. The van der Waals surface area contributed by atoms with E-state index in [9.17, 15) is 0 Å². The minimum Gasteiger partial charge on any atom is -0.282 e. The summed E-state index contributed by atoms with van der Waals surface area (Å²) < 4.78 is 2.14. The summed E-state index contributed by atoms with van der Waals surface area (Å²) >= 11 is 0. The van der Waals surface area contributed by atoms with Crippen molar-refractivity contribution in [2.24, 2.45) is 4.99 Å². The molecular formula is C26H19N3. The molecule has 2 aliphatic rings. The maximum atomic E-state index is 4.86. The molecule has 0 atom stereocenters. The monoisotopic (exact) mass is 373 g/mol. The Morgan fingerprint density at radius 3 is 1.90 bits per heavy atom. The van der Waals surface area contributed by atoms with Crippen LogP contribution in [0.2, 0.25) is 0 Å². The van der Waals surface area contributed by atoms with E-state index < -0.39 is 0 Å². The van der Waals surface area contributed by atoms with Crippen LogP contribution in [0.4, 0.5) is 5.69 Å². The van der Waals surface area contributed by atoms with E-state index in [1.807, 2.05) is 54.7 Å². The highest BCUT2D eigenvalue weighted by atomic mass is 15.1. The minimum absolute atomic E-state index is 0.647. The van der Waals surface area contributed by atoms with E-state index in [1.54, 1.807) is 0 Å². The molecule has 29 heavy (non-hydrogen) atoms. The Labute approximate surface area is 173 Å². The third kappa shape index (κ3) is 3.78. The molecule has 5 rings (SSSR count). The average Bonchev–Trinajstić information content (AvgIpc) is 3.49. The molecule has 3 heteroatoms. The molecule has 2 aromatic carbocycles. The fourth-order valence-electron chi connectivity index (χ4n) is 3.56. The molecule has 1 aromatic heterocycles. The molecule has 2 fully saturated rings. The van der Waals surface area contributed by atoms with Crippen LogP contribution in [0.1, 0.15) is 11.3 Å². The van der Waals surface area contributed by atoms with Gasteiger partial charge in [0.2, 0.25) is 5.62 Å². The van der Waals surface area contributed by atoms with Crippen LogP contribution in [-0.2, 0) is 0 Å². The van der Waals surface area contributed by atoms with Crippen LogP contribution in [0, 0.1) is 63.2 Å². The Balaban J connectivity index is 1.78. The van der Waals surface area contributed by atoms with E-state index in [2.05, 4.69) is 68.1 Å². The fraction of sp³-hybridized carbons (Fsp3) is 0. The molecule has 0 N–H and O–H groups in total. The summed E-state index contributed by atoms with van der Waals surface area (Å²) in [6, 6.07) is 20.2. The molecular weight excluding hydrogens is 354 g/mol. The molecule has 0 bridgehead atoms. The number of para-hydroxylation sites is 2. The Morgan fingerprint density at radius 1 is 0.655 bits per heavy atom. The number of aromatic nitrogens is 2. The van der Waals surface area contributed by atoms with Crippen LogP contribution in [0.25, 0.3) is 5.69 Å². The van der Waals surface area contributed by atoms with Crippen LogP contribution in [0.3, 0.4) is 0 Å². The van der Waals surface area contributed by atoms with Gasteiger partial charge in [0, 0.05) is 29.4 Å². The molecule has 0 saturated heterocycles. The molecule has 10 radical (unpaired) electrons. The summed E-state index contributed by atoms with van der Waals surface area (Å²) in [6.07, 6.45) is 18.7. The van der Waals surface area contributed by atoms with Crippen molar-refractivity contribution in [2.45, 2.75) is 0 Å². The maximum absolute atomic E-state index is 4.86. The predicted octanol–water partition coefficient (Wildman–Crippen LogP) is 4.61. The second-order valence-corrected chi connectivity index (χ2v) is 6.79. The Morgan fingerprint density at radius 2 is 1.24 bits per heavy atom. The standard InChI is InChI=1S/C26H19N3/c1-3-15-22(16-4-1)28-26-27-19-24(20-11-7-8-12-20)25(21-13-9-10-14-21)29(26)23-17-5-2-6-18-23/h1-19H. The number of nitrogens with zero attached hydrogens (tertiary/aromatic N) is 3. The van der Waals surface area contributed by atoms with Gasteiger partial charge in [-0.2, -0.15) is 0 Å². The van der Waals surface area contributed by atoms with E-state index in [0.717, 1.165) is 34.5 Å². The zero-order valence-corrected chi connectivity index (χ0v) is 15.8. The van der Waals surface area contributed by atoms with E-state index in [0.29, 0.717) is 5.62 Å². The van der Waals surface area contributed by atoms with Gasteiger partial charge in [-0.05, 0) is 81.2 Å². The number of hydrogen-bond donors (Lipinski definition) is 0. The average molecular weight is 373 g/mol. The lowest BCUT2D eigenvalue weighted by Gasteiger charge is -2.24. The lowest BCUT2D eigenvalue weighted by Crippen LogP contribution is -2.29. The number of rotatable bonds is 4. The molecule has 0 aliphatic heterocycles. The molecule has 0 unspecified atom stereocenters. The van der Waals surface area contributed by atoms with Gasteiger partial charge in [0.15, 0.2) is 0 Å². The van der Waals surface area contributed by atoms with Gasteiger partial charge in [0.1, 0.15) is 0 Å². The summed E-state index contributed by atoms with van der Waals surface area (Å²) in [7, 11) is 0. The van der Waals surface area contributed by atoms with Crippen molar-refractivity contribution in [3.8, 4) is 5.69 Å². The highest BCUT2D eigenvalue weighted by Gasteiger charge is 2.30. The van der Waals surface area contributed by atoms with Gasteiger partial charge in [-0.25, -0.2) is 9.98 Å². The van der Waals surface area contributed by atoms with Gasteiger partial charge in [0.25, 0.3) is 0 Å². The Bertz CT molecular complexity index is 1010. The molecule has 0 spiro atoms. The van der Waals surface area contributed by atoms with Crippen molar-refractivity contribution in [3.05, 3.63) is 147 Å². The van der Waals surface area contributed by atoms with Crippen LogP contribution >= 0.6 is 0 Å². The zero-order valence-electron chi connectivity index (χ0n) is 15.8. The minimum atomic E-state index is 0.647. The topological polar surface area (TPSA) is 30.2 Å². The van der Waals surface area contributed by atoms with Gasteiger partial charge in [-0.15, -0.1) is 0 Å². The normalized spacial score (nSPS) is 18.6. The quantitative estimate of drug-likeness (QED) is 0.657. The van der Waals surface area contributed by atoms with Crippen molar-refractivity contribution < 1.29 is 0 Å². The molecule has 3 nitrogen and oxygen atoms in total. The number of hydrogen-bond acceptors (Lipinski definition) is 2. The highest BCUT2D eigenvalue weighted by Crippen LogP contribution is 2.38. The van der Waals surface area contributed by atoms with Crippen LogP contribution in [0.15, 0.2) is 71.9 Å². The van der Waals surface area contributed by atoms with Gasteiger partial charge in [-0.3, -0.25) is 4.57 Å². The maximum Gasteiger partial charge on any atom is 0.234 e. The zero-order chi connectivity index (χ0) is 19.5. The van der Waals surface area contributed by atoms with E-state index in [4.69, 9.17) is 9.98 Å². The molecule has 2 aliphatic carbocycles. The smallest absolute Gasteiger partial charge is 0.234 e. The van der Waals surface area contributed by atoms with E-state index >= 15 is 0 Å². The third-order valence-corrected chi connectivity index (χ3v) is 4.90. The summed E-state index contributed by atoms with van der Waals surface area (Å²) in [6.45, 7) is 0. The van der Waals surface area contributed by atoms with Crippen molar-refractivity contribution >= 4 is 5.69 Å². The van der Waals surface area contributed by atoms with Gasteiger partial charge in [0.05, 0.1) is 5.69 Å². The Kier molecular flexibility index (Phi) is 5.29. The first kappa shape index (κ1) is 18.4. The van der Waals surface area contributed by atoms with Crippen molar-refractivity contribution in [2.75, 3.05) is 0 Å². The first-order valence-electron chi connectivity index (χ1n) is 9.61. The van der Waals surface area contributed by atoms with Gasteiger partial charge in [-0.1, -0.05) is 36.4 Å². The van der Waals surface area contributed by atoms with E-state index in [1.165, 1.54) is 0 Å². The van der Waals surface area contributed by atoms with Gasteiger partial charge < -0.3 is 0 Å². The predicted molar refractivity (Wildman–Crippen MR) is 114 cm³/mol. The highest BCUT2D eigenvalue weighted by molar-refractivity contribution is 5.60. The third-order valence-electron chi connectivity index (χ3n) is 4.90. The van der Waals surface area contributed by atoms with Crippen molar-refractivity contribution in [1.29, 1.82) is 0 Å². The lowest BCUT2D eigenvalue weighted by molar-refractivity contribution is 0.817. The summed E-state index contributed by atoms with van der Waals surface area (Å²) in [5.41, 5.74) is 4.71. The van der Waals surface area contributed by atoms with Crippen LogP contribution in [-0.4, -0.2) is 9.55 Å². The van der Waals surface area contributed by atoms with Crippen LogP contribution < -0.4 is 5.62 Å². The Hall–Kier alpha value is -2.68. The molecule has 0 amide bonds. The van der Waals surface area contributed by atoms with Crippen LogP contribution in [0.5, 0.6) is 0 Å². The van der Waals surface area contributed by atoms with Crippen molar-refractivity contribution in [3.63, 3.8) is 0 Å². The molecule has 3 aromatic rings. The summed E-state index contributed by atoms with van der Waals surface area (Å²) in [5, 5.41) is 0. The second-order valence-electron chi connectivity index (χ2n) is 6.79. The molecule has 2 saturated carbocycles. The first-order chi connectivity index (χ1) is 14.4. The molecule has 138 valence electrons. The van der Waals surface area contributed by atoms with Gasteiger partial charge >= 0.3 is 0 Å². The lowest BCUT2D eigenvalue weighted by atomic mass is 9.90. The summed E-state index contributed by atoms with van der Waals surface area (Å²) in [5.74, 6) is 2.28. The fourth-order valence-corrected chi connectivity index (χ4v) is 3.56. The summed E-state index contributed by atoms with van der Waals surface area (Å²) in [4.78, 5) is 9.64. The number of benzene rings is 2.